The van der Waals surface area contributed by atoms with E-state index in [1.807, 2.05) is 43.4 Å². The van der Waals surface area contributed by atoms with Crippen LogP contribution in [0.5, 0.6) is 5.75 Å². The molecule has 3 aromatic rings. The molecule has 1 N–H and O–H groups in total. The van der Waals surface area contributed by atoms with Crippen molar-refractivity contribution in [3.05, 3.63) is 71.9 Å². The lowest BCUT2D eigenvalue weighted by Crippen LogP contribution is -2.47. The zero-order chi connectivity index (χ0) is 32.2. The van der Waals surface area contributed by atoms with Gasteiger partial charge >= 0.3 is 6.09 Å². The Morgan fingerprint density at radius 1 is 0.932 bits per heavy atom. The van der Waals surface area contributed by atoms with Gasteiger partial charge < -0.3 is 24.6 Å². The molecule has 0 aliphatic rings. The number of hydrogen-bond acceptors (Lipinski definition) is 8. The fourth-order valence-corrected chi connectivity index (χ4v) is 5.23. The predicted molar refractivity (Wildman–Crippen MR) is 176 cm³/mol. The number of benzene rings is 2. The van der Waals surface area contributed by atoms with Gasteiger partial charge in [0.2, 0.25) is 5.95 Å². The molecule has 2 amide bonds. The Hall–Kier alpha value is -4.18. The number of nitrogens with zero attached hydrogens (tertiary/aromatic N) is 5. The average molecular weight is 605 g/mol. The molecule has 0 fully saturated rings. The molecule has 0 atom stereocenters. The number of methoxy groups -OCH3 is 1. The Morgan fingerprint density at radius 3 is 2.23 bits per heavy atom. The van der Waals surface area contributed by atoms with Crippen molar-refractivity contribution in [2.24, 2.45) is 11.8 Å². The monoisotopic (exact) mass is 604 g/mol. The molecule has 0 bridgehead atoms. The van der Waals surface area contributed by atoms with Crippen LogP contribution in [-0.2, 0) is 11.3 Å². The molecule has 10 heteroatoms. The molecule has 1 heterocycles. The van der Waals surface area contributed by atoms with Crippen LogP contribution in [0.3, 0.4) is 0 Å². The Kier molecular flexibility index (Phi) is 13.0. The minimum Gasteiger partial charge on any atom is -0.497 e. The number of aromatic nitrogens is 2. The van der Waals surface area contributed by atoms with E-state index in [1.54, 1.807) is 41.3 Å². The summed E-state index contributed by atoms with van der Waals surface area (Å²) in [5, 5.41) is 3.21. The molecule has 44 heavy (non-hydrogen) atoms. The molecule has 1 aromatic heterocycles. The fraction of sp³-hybridized carbons (Fsp3) is 0.471. The molecule has 0 aliphatic carbocycles. The van der Waals surface area contributed by atoms with Crippen molar-refractivity contribution in [1.82, 2.24) is 19.8 Å². The molecule has 0 spiro atoms. The van der Waals surface area contributed by atoms with Gasteiger partial charge in [0, 0.05) is 43.6 Å². The van der Waals surface area contributed by atoms with Gasteiger partial charge in [-0.3, -0.25) is 9.69 Å². The van der Waals surface area contributed by atoms with E-state index >= 15 is 0 Å². The maximum atomic E-state index is 13.6. The number of carbonyl (C=O) groups excluding carboxylic acids is 2. The quantitative estimate of drug-likeness (QED) is 0.211. The third-order valence-corrected chi connectivity index (χ3v) is 7.63. The molecular weight excluding hydrogens is 556 g/mol. The molecule has 2 aromatic carbocycles. The van der Waals surface area contributed by atoms with Crippen molar-refractivity contribution in [2.45, 2.75) is 54.2 Å². The van der Waals surface area contributed by atoms with Crippen molar-refractivity contribution in [1.29, 1.82) is 0 Å². The summed E-state index contributed by atoms with van der Waals surface area (Å²) in [6.45, 7) is 16.1. The topological polar surface area (TPSA) is 100 Å². The summed E-state index contributed by atoms with van der Waals surface area (Å²) in [7, 11) is 3.43. The molecule has 0 unspecified atom stereocenters. The first-order valence-corrected chi connectivity index (χ1v) is 15.3. The van der Waals surface area contributed by atoms with Gasteiger partial charge in [-0.2, -0.15) is 4.98 Å². The van der Waals surface area contributed by atoms with Crippen molar-refractivity contribution >= 4 is 29.5 Å². The number of hydrogen-bond donors (Lipinski definition) is 1. The summed E-state index contributed by atoms with van der Waals surface area (Å²) >= 11 is 0. The number of likely N-dealkylation sites (N-methyl/N-ethyl adjacent to an activating group) is 2. The number of ether oxygens (including phenoxy) is 2. The SMILES string of the molecule is CCN(CC)CCN(C)C(=O)c1ccc(Nc2nccc(N(C(=O)OCc3cccc(OC)c3)C(C(C)C)C(C)C)n2)cc1. The highest BCUT2D eigenvalue weighted by Crippen LogP contribution is 2.27. The van der Waals surface area contributed by atoms with Crippen LogP contribution >= 0.6 is 0 Å². The van der Waals surface area contributed by atoms with E-state index in [4.69, 9.17) is 14.5 Å². The second-order valence-corrected chi connectivity index (χ2v) is 11.4. The lowest BCUT2D eigenvalue weighted by atomic mass is 9.92. The second-order valence-electron chi connectivity index (χ2n) is 11.4. The zero-order valence-corrected chi connectivity index (χ0v) is 27.4. The largest absolute Gasteiger partial charge is 0.497 e. The molecule has 0 saturated carbocycles. The van der Waals surface area contributed by atoms with Crippen molar-refractivity contribution in [2.75, 3.05) is 50.6 Å². The van der Waals surface area contributed by atoms with Gasteiger partial charge in [-0.25, -0.2) is 9.78 Å². The number of rotatable bonds is 15. The number of nitrogens with one attached hydrogen (secondary N) is 1. The van der Waals surface area contributed by atoms with E-state index in [1.165, 1.54) is 0 Å². The second kappa shape index (κ2) is 16.6. The molecule has 0 radical (unpaired) electrons. The van der Waals surface area contributed by atoms with Gasteiger partial charge in [0.05, 0.1) is 7.11 Å². The van der Waals surface area contributed by atoms with Crippen molar-refractivity contribution in [3.63, 3.8) is 0 Å². The van der Waals surface area contributed by atoms with Gasteiger partial charge in [0.1, 0.15) is 18.2 Å². The zero-order valence-electron chi connectivity index (χ0n) is 27.4. The van der Waals surface area contributed by atoms with Gasteiger partial charge in [-0.15, -0.1) is 0 Å². The highest BCUT2D eigenvalue weighted by Gasteiger charge is 2.33. The van der Waals surface area contributed by atoms with Crippen LogP contribution in [0.2, 0.25) is 0 Å². The van der Waals surface area contributed by atoms with Crippen LogP contribution in [-0.4, -0.2) is 78.1 Å². The summed E-state index contributed by atoms with van der Waals surface area (Å²) in [6.07, 6.45) is 1.13. The van der Waals surface area contributed by atoms with E-state index < -0.39 is 6.09 Å². The predicted octanol–water partition coefficient (Wildman–Crippen LogP) is 6.47. The van der Waals surface area contributed by atoms with Crippen LogP contribution in [0, 0.1) is 11.8 Å². The van der Waals surface area contributed by atoms with Crippen LogP contribution in [0.1, 0.15) is 57.5 Å². The summed E-state index contributed by atoms with van der Waals surface area (Å²) in [6, 6.07) is 16.2. The summed E-state index contributed by atoms with van der Waals surface area (Å²) in [5.74, 6) is 1.71. The third-order valence-electron chi connectivity index (χ3n) is 7.63. The molecule has 10 nitrogen and oxygen atoms in total. The molecular formula is C34H48N6O4. The molecule has 3 rings (SSSR count). The molecule has 0 aliphatic heterocycles. The van der Waals surface area contributed by atoms with E-state index in [0.29, 0.717) is 29.6 Å². The normalized spacial score (nSPS) is 11.3. The first-order chi connectivity index (χ1) is 21.1. The minimum absolute atomic E-state index is 0.0292. The Morgan fingerprint density at radius 2 is 1.61 bits per heavy atom. The van der Waals surface area contributed by atoms with E-state index in [0.717, 1.165) is 30.9 Å². The third kappa shape index (κ3) is 9.41. The summed E-state index contributed by atoms with van der Waals surface area (Å²) < 4.78 is 11.1. The standard InChI is InChI=1S/C34H48N6O4/c1-9-39(10-2)21-20-38(7)32(41)27-14-16-28(17-15-27)36-33-35-19-18-30(37-33)40(31(24(3)4)25(5)6)34(42)44-23-26-12-11-13-29(22-26)43-8/h11-19,22,24-25,31H,9-10,20-21,23H2,1-8H3,(H,35,36,37). The van der Waals surface area contributed by atoms with Crippen LogP contribution in [0.4, 0.5) is 22.2 Å². The molecule has 238 valence electrons. The van der Waals surface area contributed by atoms with Gasteiger partial charge in [0.15, 0.2) is 0 Å². The van der Waals surface area contributed by atoms with Gasteiger partial charge in [0.25, 0.3) is 5.91 Å². The smallest absolute Gasteiger partial charge is 0.416 e. The average Bonchev–Trinajstić information content (AvgIpc) is 3.02. The van der Waals surface area contributed by atoms with E-state index in [2.05, 4.69) is 56.7 Å². The number of carbonyl (C=O) groups is 2. The Bertz CT molecular complexity index is 1340. The first kappa shape index (κ1) is 34.3. The van der Waals surface area contributed by atoms with Gasteiger partial charge in [-0.05, 0) is 73.0 Å². The van der Waals surface area contributed by atoms with Crippen LogP contribution in [0.25, 0.3) is 0 Å². The number of amides is 2. The van der Waals surface area contributed by atoms with Crippen LogP contribution < -0.4 is 15.0 Å². The molecule has 0 saturated heterocycles. The highest BCUT2D eigenvalue weighted by molar-refractivity contribution is 5.94. The van der Waals surface area contributed by atoms with Crippen molar-refractivity contribution < 1.29 is 19.1 Å². The number of anilines is 3. The maximum Gasteiger partial charge on any atom is 0.416 e. The van der Waals surface area contributed by atoms with Gasteiger partial charge in [-0.1, -0.05) is 53.7 Å². The fourth-order valence-electron chi connectivity index (χ4n) is 5.23. The lowest BCUT2D eigenvalue weighted by Gasteiger charge is -2.35. The summed E-state index contributed by atoms with van der Waals surface area (Å²) in [5.41, 5.74) is 2.15. The summed E-state index contributed by atoms with van der Waals surface area (Å²) in [4.78, 5) is 41.3. The van der Waals surface area contributed by atoms with Crippen LogP contribution in [0.15, 0.2) is 60.8 Å². The van der Waals surface area contributed by atoms with Crippen molar-refractivity contribution in [3.8, 4) is 5.75 Å². The van der Waals surface area contributed by atoms with E-state index in [9.17, 15) is 9.59 Å². The Balaban J connectivity index is 1.77. The van der Waals surface area contributed by atoms with E-state index in [-0.39, 0.29) is 30.4 Å². The lowest BCUT2D eigenvalue weighted by molar-refractivity contribution is 0.0779. The maximum absolute atomic E-state index is 13.6. The highest BCUT2D eigenvalue weighted by atomic mass is 16.6. The Labute approximate surface area is 262 Å². The first-order valence-electron chi connectivity index (χ1n) is 15.3. The minimum atomic E-state index is -0.488.